The van der Waals surface area contributed by atoms with Crippen LogP contribution in [-0.4, -0.2) is 32.0 Å². The summed E-state index contributed by atoms with van der Waals surface area (Å²) in [5.74, 6) is -0.164. The molecule has 3 rings (SSSR count). The van der Waals surface area contributed by atoms with Crippen LogP contribution in [0.3, 0.4) is 0 Å². The molecule has 1 N–H and O–H groups in total. The summed E-state index contributed by atoms with van der Waals surface area (Å²) in [4.78, 5) is 24.1. The normalized spacial score (nSPS) is 10.8. The minimum atomic E-state index is -1.02. The zero-order valence-electron chi connectivity index (χ0n) is 15.3. The van der Waals surface area contributed by atoms with Gasteiger partial charge in [-0.2, -0.15) is 5.10 Å². The highest BCUT2D eigenvalue weighted by atomic mass is 35.5. The lowest BCUT2D eigenvalue weighted by atomic mass is 10.2. The number of aryl methyl sites for hydroxylation is 2. The summed E-state index contributed by atoms with van der Waals surface area (Å²) in [6.45, 7) is 3.33. The smallest absolute Gasteiger partial charge is 0.351 e. The number of aliphatic carboxylic acids is 1. The Kier molecular flexibility index (Phi) is 6.11. The molecule has 0 fully saturated rings. The molecule has 0 atom stereocenters. The molecule has 9 heteroatoms. The SMILES string of the molecule is Cc1cc(-n2cnn(CSc3ccc(OCC(=O)O)c(C)c3)c2=O)ccc1Cl. The summed E-state index contributed by atoms with van der Waals surface area (Å²) in [6, 6.07) is 10.8. The Morgan fingerprint density at radius 1 is 1.21 bits per heavy atom. The van der Waals surface area contributed by atoms with Gasteiger partial charge in [0.2, 0.25) is 0 Å². The van der Waals surface area contributed by atoms with E-state index in [1.54, 1.807) is 18.2 Å². The molecular weight excluding hydrogens is 402 g/mol. The van der Waals surface area contributed by atoms with Gasteiger partial charge in [-0.25, -0.2) is 18.8 Å². The van der Waals surface area contributed by atoms with Crippen molar-refractivity contribution in [1.29, 1.82) is 0 Å². The van der Waals surface area contributed by atoms with Gasteiger partial charge >= 0.3 is 11.7 Å². The molecule has 0 bridgehead atoms. The van der Waals surface area contributed by atoms with Crippen LogP contribution in [0, 0.1) is 13.8 Å². The summed E-state index contributed by atoms with van der Waals surface area (Å²) in [7, 11) is 0. The van der Waals surface area contributed by atoms with Crippen molar-refractivity contribution in [3.63, 3.8) is 0 Å². The van der Waals surface area contributed by atoms with Crippen LogP contribution < -0.4 is 10.4 Å². The van der Waals surface area contributed by atoms with E-state index in [0.717, 1.165) is 16.0 Å². The standard InChI is InChI=1S/C19H18ClN3O4S/c1-12-7-14(3-5-16(12)20)22-10-21-23(19(22)26)11-28-15-4-6-17(13(2)8-15)27-9-18(24)25/h3-8,10H,9,11H2,1-2H3,(H,24,25). The number of rotatable bonds is 7. The fourth-order valence-electron chi connectivity index (χ4n) is 2.53. The van der Waals surface area contributed by atoms with Gasteiger partial charge in [0.15, 0.2) is 6.61 Å². The van der Waals surface area contributed by atoms with Gasteiger partial charge in [-0.05, 0) is 61.4 Å². The lowest BCUT2D eigenvalue weighted by Crippen LogP contribution is -2.23. The van der Waals surface area contributed by atoms with Crippen LogP contribution in [0.15, 0.2) is 52.4 Å². The van der Waals surface area contributed by atoms with Crippen molar-refractivity contribution in [2.24, 2.45) is 0 Å². The molecule has 7 nitrogen and oxygen atoms in total. The van der Waals surface area contributed by atoms with Gasteiger partial charge in [0.05, 0.1) is 11.6 Å². The second-order valence-corrected chi connectivity index (χ2v) is 7.53. The zero-order chi connectivity index (χ0) is 20.3. The Morgan fingerprint density at radius 2 is 2.00 bits per heavy atom. The number of carboxylic acid groups (broad SMARTS) is 1. The van der Waals surface area contributed by atoms with Crippen molar-refractivity contribution in [2.45, 2.75) is 24.6 Å². The molecule has 1 heterocycles. The summed E-state index contributed by atoms with van der Waals surface area (Å²) < 4.78 is 8.06. The number of hydrogen-bond donors (Lipinski definition) is 1. The van der Waals surface area contributed by atoms with E-state index in [1.807, 2.05) is 32.0 Å². The van der Waals surface area contributed by atoms with Crippen LogP contribution >= 0.6 is 23.4 Å². The lowest BCUT2D eigenvalue weighted by molar-refractivity contribution is -0.139. The van der Waals surface area contributed by atoms with E-state index in [0.29, 0.717) is 22.3 Å². The first-order valence-electron chi connectivity index (χ1n) is 8.34. The van der Waals surface area contributed by atoms with Crippen LogP contribution in [0.5, 0.6) is 5.75 Å². The Bertz CT molecular complexity index is 1080. The number of aromatic nitrogens is 3. The number of halogens is 1. The van der Waals surface area contributed by atoms with Crippen molar-refractivity contribution < 1.29 is 14.6 Å². The summed E-state index contributed by atoms with van der Waals surface area (Å²) in [6.07, 6.45) is 1.49. The highest BCUT2D eigenvalue weighted by Gasteiger charge is 2.09. The molecule has 0 saturated heterocycles. The quantitative estimate of drug-likeness (QED) is 0.590. The molecule has 3 aromatic rings. The second-order valence-electron chi connectivity index (χ2n) is 6.10. The van der Waals surface area contributed by atoms with Gasteiger partial charge < -0.3 is 9.84 Å². The minimum absolute atomic E-state index is 0.243. The fourth-order valence-corrected chi connectivity index (χ4v) is 3.52. The third-order valence-electron chi connectivity index (χ3n) is 4.00. The molecule has 0 amide bonds. The number of ether oxygens (including phenoxy) is 1. The first kappa shape index (κ1) is 20.0. The number of nitrogens with zero attached hydrogens (tertiary/aromatic N) is 3. The van der Waals surface area contributed by atoms with Crippen molar-refractivity contribution in [3.05, 3.63) is 69.4 Å². The molecule has 0 radical (unpaired) electrons. The predicted molar refractivity (Wildman–Crippen MR) is 108 cm³/mol. The number of carbonyl (C=O) groups is 1. The molecule has 146 valence electrons. The molecule has 0 aliphatic carbocycles. The average Bonchev–Trinajstić information content (AvgIpc) is 3.02. The maximum Gasteiger partial charge on any atom is 0.351 e. The third kappa shape index (κ3) is 4.58. The van der Waals surface area contributed by atoms with E-state index >= 15 is 0 Å². The Morgan fingerprint density at radius 3 is 2.68 bits per heavy atom. The number of thioether (sulfide) groups is 1. The Labute approximate surface area is 170 Å². The van der Waals surface area contributed by atoms with Crippen LogP contribution in [-0.2, 0) is 10.7 Å². The molecule has 0 unspecified atom stereocenters. The maximum absolute atomic E-state index is 12.6. The van der Waals surface area contributed by atoms with Gasteiger partial charge in [0, 0.05) is 9.92 Å². The molecule has 0 spiro atoms. The Hall–Kier alpha value is -2.71. The van der Waals surface area contributed by atoms with Crippen molar-refractivity contribution in [1.82, 2.24) is 14.3 Å². The largest absolute Gasteiger partial charge is 0.482 e. The fraction of sp³-hybridized carbons (Fsp3) is 0.211. The van der Waals surface area contributed by atoms with Gasteiger partial charge in [0.1, 0.15) is 12.1 Å². The zero-order valence-corrected chi connectivity index (χ0v) is 16.8. The monoisotopic (exact) mass is 419 g/mol. The van der Waals surface area contributed by atoms with Gasteiger partial charge in [0.25, 0.3) is 0 Å². The van der Waals surface area contributed by atoms with E-state index in [2.05, 4.69) is 5.10 Å². The minimum Gasteiger partial charge on any atom is -0.482 e. The first-order chi connectivity index (χ1) is 13.3. The third-order valence-corrected chi connectivity index (χ3v) is 5.39. The molecule has 0 saturated carbocycles. The molecule has 0 aliphatic heterocycles. The topological polar surface area (TPSA) is 86.3 Å². The second kappa shape index (κ2) is 8.53. The molecular formula is C19H18ClN3O4S. The lowest BCUT2D eigenvalue weighted by Gasteiger charge is -2.09. The van der Waals surface area contributed by atoms with Crippen LogP contribution in [0.1, 0.15) is 11.1 Å². The average molecular weight is 420 g/mol. The van der Waals surface area contributed by atoms with Crippen molar-refractivity contribution in [3.8, 4) is 11.4 Å². The highest BCUT2D eigenvalue weighted by Crippen LogP contribution is 2.26. The van der Waals surface area contributed by atoms with Crippen LogP contribution in [0.4, 0.5) is 0 Å². The van der Waals surface area contributed by atoms with E-state index in [1.165, 1.54) is 27.3 Å². The number of benzene rings is 2. The number of hydrogen-bond acceptors (Lipinski definition) is 5. The summed E-state index contributed by atoms with van der Waals surface area (Å²) >= 11 is 7.48. The van der Waals surface area contributed by atoms with Crippen LogP contribution in [0.2, 0.25) is 5.02 Å². The van der Waals surface area contributed by atoms with Crippen LogP contribution in [0.25, 0.3) is 5.69 Å². The van der Waals surface area contributed by atoms with Gasteiger partial charge in [-0.3, -0.25) is 0 Å². The molecule has 0 aliphatic rings. The maximum atomic E-state index is 12.6. The van der Waals surface area contributed by atoms with E-state index in [9.17, 15) is 9.59 Å². The molecule has 2 aromatic carbocycles. The molecule has 1 aromatic heterocycles. The first-order valence-corrected chi connectivity index (χ1v) is 9.70. The highest BCUT2D eigenvalue weighted by molar-refractivity contribution is 7.98. The molecule has 28 heavy (non-hydrogen) atoms. The summed E-state index contributed by atoms with van der Waals surface area (Å²) in [5.41, 5.74) is 2.17. The van der Waals surface area contributed by atoms with E-state index in [4.69, 9.17) is 21.4 Å². The van der Waals surface area contributed by atoms with Crippen molar-refractivity contribution in [2.75, 3.05) is 6.61 Å². The predicted octanol–water partition coefficient (Wildman–Crippen LogP) is 3.52. The number of carboxylic acids is 1. The Balaban J connectivity index is 1.71. The van der Waals surface area contributed by atoms with Gasteiger partial charge in [-0.1, -0.05) is 11.6 Å². The van der Waals surface area contributed by atoms with E-state index in [-0.39, 0.29) is 12.3 Å². The van der Waals surface area contributed by atoms with Gasteiger partial charge in [-0.15, -0.1) is 11.8 Å². The van der Waals surface area contributed by atoms with Crippen molar-refractivity contribution >= 4 is 29.3 Å². The van der Waals surface area contributed by atoms with E-state index < -0.39 is 5.97 Å². The summed E-state index contributed by atoms with van der Waals surface area (Å²) in [5, 5.41) is 13.5.